The number of hydrogen-bond acceptors (Lipinski definition) is 2. The average molecular weight is 213 g/mol. The highest BCUT2D eigenvalue weighted by Gasteiger charge is 2.28. The van der Waals surface area contributed by atoms with Crippen LogP contribution in [0, 0.1) is 11.8 Å². The summed E-state index contributed by atoms with van der Waals surface area (Å²) >= 11 is 0. The van der Waals surface area contributed by atoms with Crippen molar-refractivity contribution in [1.29, 1.82) is 0 Å². The highest BCUT2D eigenvalue weighted by atomic mass is 16.3. The fraction of sp³-hybridized carbons (Fsp3) is 1.00. The molecule has 2 nitrogen and oxygen atoms in total. The highest BCUT2D eigenvalue weighted by Crippen LogP contribution is 2.30. The Morgan fingerprint density at radius 2 is 1.93 bits per heavy atom. The first-order valence-electron chi connectivity index (χ1n) is 6.56. The Kier molecular flexibility index (Phi) is 5.62. The van der Waals surface area contributed by atoms with Crippen molar-refractivity contribution in [2.24, 2.45) is 11.8 Å². The van der Waals surface area contributed by atoms with E-state index in [0.29, 0.717) is 12.1 Å². The monoisotopic (exact) mass is 213 g/mol. The van der Waals surface area contributed by atoms with Crippen molar-refractivity contribution in [3.63, 3.8) is 0 Å². The third-order valence-electron chi connectivity index (χ3n) is 3.84. The predicted octanol–water partition coefficient (Wildman–Crippen LogP) is 2.56. The van der Waals surface area contributed by atoms with Crippen molar-refractivity contribution < 1.29 is 5.11 Å². The number of rotatable bonds is 5. The third-order valence-corrected chi connectivity index (χ3v) is 3.84. The molecular formula is C13H27NO. The summed E-state index contributed by atoms with van der Waals surface area (Å²) in [4.78, 5) is 0. The van der Waals surface area contributed by atoms with Crippen LogP contribution in [-0.4, -0.2) is 23.8 Å². The molecule has 0 aliphatic heterocycles. The van der Waals surface area contributed by atoms with Crippen LogP contribution in [0.5, 0.6) is 0 Å². The summed E-state index contributed by atoms with van der Waals surface area (Å²) in [6.07, 6.45) is 6.41. The van der Waals surface area contributed by atoms with Crippen molar-refractivity contribution in [3.05, 3.63) is 0 Å². The summed E-state index contributed by atoms with van der Waals surface area (Å²) in [5.41, 5.74) is 0. The topological polar surface area (TPSA) is 32.3 Å². The largest absolute Gasteiger partial charge is 0.395 e. The first-order valence-corrected chi connectivity index (χ1v) is 6.56. The molecule has 0 aromatic carbocycles. The SMILES string of the molecule is CC[C@@H](CO)NC1CCCCC1C(C)C. The van der Waals surface area contributed by atoms with Crippen molar-refractivity contribution in [1.82, 2.24) is 5.32 Å². The lowest BCUT2D eigenvalue weighted by atomic mass is 9.77. The maximum Gasteiger partial charge on any atom is 0.0584 e. The van der Waals surface area contributed by atoms with Crippen molar-refractivity contribution in [3.8, 4) is 0 Å². The van der Waals surface area contributed by atoms with Crippen LogP contribution in [0.15, 0.2) is 0 Å². The zero-order valence-corrected chi connectivity index (χ0v) is 10.5. The molecule has 0 heterocycles. The van der Waals surface area contributed by atoms with Gasteiger partial charge in [0.15, 0.2) is 0 Å². The zero-order valence-electron chi connectivity index (χ0n) is 10.5. The van der Waals surface area contributed by atoms with Crippen LogP contribution in [0.4, 0.5) is 0 Å². The van der Waals surface area contributed by atoms with Gasteiger partial charge in [-0.2, -0.15) is 0 Å². The Hall–Kier alpha value is -0.0800. The van der Waals surface area contributed by atoms with Crippen LogP contribution in [0.3, 0.4) is 0 Å². The molecule has 2 unspecified atom stereocenters. The van der Waals surface area contributed by atoms with Crippen LogP contribution in [-0.2, 0) is 0 Å². The second kappa shape index (κ2) is 6.49. The first kappa shape index (κ1) is 13.0. The van der Waals surface area contributed by atoms with Gasteiger partial charge in [-0.05, 0) is 31.1 Å². The van der Waals surface area contributed by atoms with Crippen LogP contribution in [0.2, 0.25) is 0 Å². The van der Waals surface area contributed by atoms with Gasteiger partial charge in [0, 0.05) is 12.1 Å². The Balaban J connectivity index is 2.48. The van der Waals surface area contributed by atoms with E-state index >= 15 is 0 Å². The van der Waals surface area contributed by atoms with Gasteiger partial charge < -0.3 is 10.4 Å². The molecule has 0 bridgehead atoms. The Labute approximate surface area is 94.5 Å². The normalized spacial score (nSPS) is 29.4. The number of aliphatic hydroxyl groups is 1. The summed E-state index contributed by atoms with van der Waals surface area (Å²) in [6.45, 7) is 7.06. The van der Waals surface area contributed by atoms with E-state index in [9.17, 15) is 5.11 Å². The van der Waals surface area contributed by atoms with Crippen molar-refractivity contribution >= 4 is 0 Å². The zero-order chi connectivity index (χ0) is 11.3. The molecule has 0 aromatic heterocycles. The molecule has 1 saturated carbocycles. The number of aliphatic hydroxyl groups excluding tert-OH is 1. The molecule has 1 rings (SSSR count). The van der Waals surface area contributed by atoms with Gasteiger partial charge in [-0.1, -0.05) is 33.6 Å². The van der Waals surface area contributed by atoms with E-state index in [0.717, 1.165) is 18.3 Å². The second-order valence-electron chi connectivity index (χ2n) is 5.25. The summed E-state index contributed by atoms with van der Waals surface area (Å²) in [5.74, 6) is 1.57. The van der Waals surface area contributed by atoms with Gasteiger partial charge >= 0.3 is 0 Å². The van der Waals surface area contributed by atoms with Gasteiger partial charge in [-0.15, -0.1) is 0 Å². The smallest absolute Gasteiger partial charge is 0.0584 e. The van der Waals surface area contributed by atoms with Crippen molar-refractivity contribution in [2.45, 2.75) is 65.0 Å². The summed E-state index contributed by atoms with van der Waals surface area (Å²) in [7, 11) is 0. The van der Waals surface area contributed by atoms with Gasteiger partial charge in [-0.3, -0.25) is 0 Å². The van der Waals surface area contributed by atoms with Crippen LogP contribution >= 0.6 is 0 Å². The van der Waals surface area contributed by atoms with E-state index in [2.05, 4.69) is 26.1 Å². The number of hydrogen-bond donors (Lipinski definition) is 2. The van der Waals surface area contributed by atoms with Gasteiger partial charge in [0.1, 0.15) is 0 Å². The summed E-state index contributed by atoms with van der Waals surface area (Å²) in [5, 5.41) is 12.9. The predicted molar refractivity (Wildman–Crippen MR) is 64.9 cm³/mol. The minimum Gasteiger partial charge on any atom is -0.395 e. The van der Waals surface area contributed by atoms with Gasteiger partial charge in [0.2, 0.25) is 0 Å². The molecule has 15 heavy (non-hydrogen) atoms. The van der Waals surface area contributed by atoms with Crippen LogP contribution < -0.4 is 5.32 Å². The molecule has 90 valence electrons. The Morgan fingerprint density at radius 3 is 2.47 bits per heavy atom. The van der Waals surface area contributed by atoms with Crippen LogP contribution in [0.25, 0.3) is 0 Å². The number of nitrogens with one attached hydrogen (secondary N) is 1. The van der Waals surface area contributed by atoms with E-state index in [-0.39, 0.29) is 6.61 Å². The van der Waals surface area contributed by atoms with E-state index in [1.165, 1.54) is 25.7 Å². The lowest BCUT2D eigenvalue weighted by Gasteiger charge is -2.37. The lowest BCUT2D eigenvalue weighted by molar-refractivity contribution is 0.161. The maximum absolute atomic E-state index is 9.22. The standard InChI is InChI=1S/C13H27NO/c1-4-11(9-15)14-13-8-6-5-7-12(13)10(2)3/h10-15H,4-9H2,1-3H3/t11-,12?,13?/m0/s1. The molecule has 3 atom stereocenters. The van der Waals surface area contributed by atoms with Gasteiger partial charge in [0.25, 0.3) is 0 Å². The summed E-state index contributed by atoms with van der Waals surface area (Å²) in [6, 6.07) is 0.935. The maximum atomic E-state index is 9.22. The van der Waals surface area contributed by atoms with Gasteiger partial charge in [0.05, 0.1) is 6.61 Å². The molecular weight excluding hydrogens is 186 g/mol. The molecule has 1 aliphatic rings. The molecule has 2 heteroatoms. The molecule has 1 aliphatic carbocycles. The molecule has 2 N–H and O–H groups in total. The van der Waals surface area contributed by atoms with Gasteiger partial charge in [-0.25, -0.2) is 0 Å². The summed E-state index contributed by atoms with van der Waals surface area (Å²) < 4.78 is 0. The molecule has 0 spiro atoms. The lowest BCUT2D eigenvalue weighted by Crippen LogP contribution is -2.47. The highest BCUT2D eigenvalue weighted by molar-refractivity contribution is 4.85. The second-order valence-corrected chi connectivity index (χ2v) is 5.25. The molecule has 0 saturated heterocycles. The Morgan fingerprint density at radius 1 is 1.27 bits per heavy atom. The average Bonchev–Trinajstić information content (AvgIpc) is 2.26. The molecule has 0 aromatic rings. The minimum absolute atomic E-state index is 0.276. The van der Waals surface area contributed by atoms with E-state index in [4.69, 9.17) is 0 Å². The molecule has 1 fully saturated rings. The first-order chi connectivity index (χ1) is 7.19. The van der Waals surface area contributed by atoms with E-state index in [1.54, 1.807) is 0 Å². The third kappa shape index (κ3) is 3.76. The fourth-order valence-electron chi connectivity index (χ4n) is 2.77. The van der Waals surface area contributed by atoms with E-state index in [1.807, 2.05) is 0 Å². The van der Waals surface area contributed by atoms with Crippen LogP contribution in [0.1, 0.15) is 52.9 Å². The van der Waals surface area contributed by atoms with Crippen molar-refractivity contribution in [2.75, 3.05) is 6.61 Å². The Bertz CT molecular complexity index is 166. The molecule has 0 amide bonds. The molecule has 0 radical (unpaired) electrons. The van der Waals surface area contributed by atoms with E-state index < -0.39 is 0 Å². The quantitative estimate of drug-likeness (QED) is 0.735. The fourth-order valence-corrected chi connectivity index (χ4v) is 2.77. The minimum atomic E-state index is 0.276.